The van der Waals surface area contributed by atoms with E-state index in [-0.39, 0.29) is 24.0 Å². The molecule has 1 fully saturated rings. The second-order valence-corrected chi connectivity index (χ2v) is 5.79. The van der Waals surface area contributed by atoms with Crippen LogP contribution in [-0.4, -0.2) is 60.2 Å². The van der Waals surface area contributed by atoms with Gasteiger partial charge in [0.1, 0.15) is 5.76 Å². The summed E-state index contributed by atoms with van der Waals surface area (Å²) in [5.41, 5.74) is 1.02. The van der Waals surface area contributed by atoms with Crippen molar-refractivity contribution in [2.45, 2.75) is 33.7 Å². The first-order valence-electron chi connectivity index (χ1n) is 8.52. The highest BCUT2D eigenvalue weighted by Crippen LogP contribution is 2.09. The number of rotatable bonds is 6. The number of aliphatic imine (C=N–C) groups is 1. The predicted octanol–water partition coefficient (Wildman–Crippen LogP) is 2.65. The minimum absolute atomic E-state index is 0. The highest BCUT2D eigenvalue weighted by atomic mass is 127. The van der Waals surface area contributed by atoms with Crippen molar-refractivity contribution >= 4 is 29.9 Å². The van der Waals surface area contributed by atoms with Gasteiger partial charge in [-0.2, -0.15) is 0 Å². The van der Waals surface area contributed by atoms with Crippen molar-refractivity contribution in [2.75, 3.05) is 39.3 Å². The lowest BCUT2D eigenvalue weighted by Gasteiger charge is -2.36. The fourth-order valence-corrected chi connectivity index (χ4v) is 2.68. The number of halogens is 1. The highest BCUT2D eigenvalue weighted by Gasteiger charge is 2.20. The average molecular weight is 447 g/mol. The standard InChI is InChI=1S/C17H29N5O.HI/c1-4-6-7-8-19-17(18-5-2)22-11-9-21(10-12-22)14-16-13-15(3)23-20-16;/h4,6,13H,5,7-12,14H2,1-3H3,(H,18,19);1H/b6-4+;. The zero-order chi connectivity index (χ0) is 16.5. The van der Waals surface area contributed by atoms with Crippen LogP contribution in [0.4, 0.5) is 0 Å². The first-order chi connectivity index (χ1) is 11.2. The summed E-state index contributed by atoms with van der Waals surface area (Å²) in [6.07, 6.45) is 5.23. The molecule has 0 atom stereocenters. The van der Waals surface area contributed by atoms with Crippen LogP contribution in [0.2, 0.25) is 0 Å². The molecule has 1 saturated heterocycles. The third-order valence-electron chi connectivity index (χ3n) is 3.86. The van der Waals surface area contributed by atoms with E-state index in [1.54, 1.807) is 0 Å². The van der Waals surface area contributed by atoms with Crippen LogP contribution in [0.15, 0.2) is 27.7 Å². The molecule has 0 radical (unpaired) electrons. The molecule has 24 heavy (non-hydrogen) atoms. The Balaban J connectivity index is 0.00000288. The van der Waals surface area contributed by atoms with Gasteiger partial charge >= 0.3 is 0 Å². The Morgan fingerprint density at radius 1 is 1.38 bits per heavy atom. The minimum Gasteiger partial charge on any atom is -0.361 e. The molecule has 1 aliphatic rings. The van der Waals surface area contributed by atoms with E-state index < -0.39 is 0 Å². The molecule has 6 nitrogen and oxygen atoms in total. The fraction of sp³-hybridized carbons (Fsp3) is 0.647. The Morgan fingerprint density at radius 3 is 2.71 bits per heavy atom. The predicted molar refractivity (Wildman–Crippen MR) is 109 cm³/mol. The molecule has 0 saturated carbocycles. The van der Waals surface area contributed by atoms with Crippen LogP contribution >= 0.6 is 24.0 Å². The van der Waals surface area contributed by atoms with Crippen LogP contribution in [0.25, 0.3) is 0 Å². The third kappa shape index (κ3) is 6.80. The summed E-state index contributed by atoms with van der Waals surface area (Å²) in [5.74, 6) is 1.91. The van der Waals surface area contributed by atoms with E-state index in [4.69, 9.17) is 9.52 Å². The zero-order valence-electron chi connectivity index (χ0n) is 15.0. The molecule has 0 bridgehead atoms. The Kier molecular flexibility index (Phi) is 10.0. The summed E-state index contributed by atoms with van der Waals surface area (Å²) in [6, 6.07) is 2.01. The monoisotopic (exact) mass is 447 g/mol. The molecule has 0 amide bonds. The van der Waals surface area contributed by atoms with E-state index >= 15 is 0 Å². The number of aryl methyl sites for hydroxylation is 1. The van der Waals surface area contributed by atoms with Crippen molar-refractivity contribution in [3.05, 3.63) is 29.7 Å². The number of aromatic nitrogens is 1. The number of nitrogens with zero attached hydrogens (tertiary/aromatic N) is 4. The van der Waals surface area contributed by atoms with Crippen LogP contribution < -0.4 is 5.32 Å². The van der Waals surface area contributed by atoms with Crippen LogP contribution in [0.3, 0.4) is 0 Å². The van der Waals surface area contributed by atoms with Crippen molar-refractivity contribution in [3.8, 4) is 0 Å². The van der Waals surface area contributed by atoms with Crippen LogP contribution in [-0.2, 0) is 6.54 Å². The SMILES string of the molecule is C/C=C/CCN=C(NCC)N1CCN(Cc2cc(C)on2)CC1.I. The molecular weight excluding hydrogens is 417 g/mol. The smallest absolute Gasteiger partial charge is 0.194 e. The molecule has 0 aliphatic carbocycles. The van der Waals surface area contributed by atoms with Gasteiger partial charge in [0.05, 0.1) is 5.69 Å². The molecule has 1 N–H and O–H groups in total. The first-order valence-corrected chi connectivity index (χ1v) is 8.52. The van der Waals surface area contributed by atoms with E-state index in [9.17, 15) is 0 Å². The second kappa shape index (κ2) is 11.5. The molecule has 1 aromatic rings. The van der Waals surface area contributed by atoms with Crippen LogP contribution in [0.5, 0.6) is 0 Å². The lowest BCUT2D eigenvalue weighted by molar-refractivity contribution is 0.169. The lowest BCUT2D eigenvalue weighted by Crippen LogP contribution is -2.52. The van der Waals surface area contributed by atoms with Gasteiger partial charge in [0, 0.05) is 51.9 Å². The normalized spacial score (nSPS) is 16.5. The fourth-order valence-electron chi connectivity index (χ4n) is 2.68. The van der Waals surface area contributed by atoms with Gasteiger partial charge in [-0.25, -0.2) is 0 Å². The molecule has 1 aliphatic heterocycles. The summed E-state index contributed by atoms with van der Waals surface area (Å²) in [6.45, 7) is 12.7. The Labute approximate surface area is 162 Å². The molecule has 2 rings (SSSR count). The topological polar surface area (TPSA) is 56.9 Å². The van der Waals surface area contributed by atoms with E-state index in [0.29, 0.717) is 0 Å². The molecule has 1 aromatic heterocycles. The third-order valence-corrected chi connectivity index (χ3v) is 3.86. The molecule has 136 valence electrons. The number of piperazine rings is 1. The summed E-state index contributed by atoms with van der Waals surface area (Å²) in [7, 11) is 0. The van der Waals surface area contributed by atoms with Gasteiger partial charge in [0.25, 0.3) is 0 Å². The van der Waals surface area contributed by atoms with Crippen LogP contribution in [0, 0.1) is 6.92 Å². The number of allylic oxidation sites excluding steroid dienone is 1. The molecule has 2 heterocycles. The first kappa shape index (κ1) is 21.0. The van der Waals surface area contributed by atoms with Gasteiger partial charge in [-0.05, 0) is 27.2 Å². The van der Waals surface area contributed by atoms with E-state index in [2.05, 4.69) is 39.3 Å². The molecular formula is C17H30IN5O. The molecule has 0 spiro atoms. The maximum absolute atomic E-state index is 5.14. The van der Waals surface area contributed by atoms with E-state index in [1.165, 1.54) is 0 Å². The van der Waals surface area contributed by atoms with Crippen molar-refractivity contribution in [1.29, 1.82) is 0 Å². The number of nitrogens with one attached hydrogen (secondary N) is 1. The zero-order valence-corrected chi connectivity index (χ0v) is 17.3. The van der Waals surface area contributed by atoms with Gasteiger partial charge in [-0.15, -0.1) is 24.0 Å². The molecule has 0 aromatic carbocycles. The van der Waals surface area contributed by atoms with Crippen molar-refractivity contribution < 1.29 is 4.52 Å². The maximum atomic E-state index is 5.14. The molecule has 0 unspecified atom stereocenters. The van der Waals surface area contributed by atoms with E-state index in [1.807, 2.05) is 19.9 Å². The summed E-state index contributed by atoms with van der Waals surface area (Å²) in [4.78, 5) is 9.49. The maximum Gasteiger partial charge on any atom is 0.194 e. The van der Waals surface area contributed by atoms with Crippen molar-refractivity contribution in [1.82, 2.24) is 20.3 Å². The van der Waals surface area contributed by atoms with Crippen molar-refractivity contribution in [2.24, 2.45) is 4.99 Å². The van der Waals surface area contributed by atoms with Gasteiger partial charge < -0.3 is 14.7 Å². The highest BCUT2D eigenvalue weighted by molar-refractivity contribution is 14.0. The molecule has 7 heteroatoms. The van der Waals surface area contributed by atoms with Gasteiger partial charge in [0.2, 0.25) is 0 Å². The van der Waals surface area contributed by atoms with Crippen molar-refractivity contribution in [3.63, 3.8) is 0 Å². The van der Waals surface area contributed by atoms with Crippen LogP contribution in [0.1, 0.15) is 31.7 Å². The number of guanidine groups is 1. The Bertz CT molecular complexity index is 521. The summed E-state index contributed by atoms with van der Waals surface area (Å²) >= 11 is 0. The van der Waals surface area contributed by atoms with Gasteiger partial charge in [-0.3, -0.25) is 9.89 Å². The van der Waals surface area contributed by atoms with Gasteiger partial charge in [0.15, 0.2) is 5.96 Å². The second-order valence-electron chi connectivity index (χ2n) is 5.79. The van der Waals surface area contributed by atoms with Gasteiger partial charge in [-0.1, -0.05) is 17.3 Å². The Morgan fingerprint density at radius 2 is 2.12 bits per heavy atom. The largest absolute Gasteiger partial charge is 0.361 e. The average Bonchev–Trinajstić information content (AvgIpc) is 2.96. The quantitative estimate of drug-likeness (QED) is 0.239. The van der Waals surface area contributed by atoms with E-state index in [0.717, 1.165) is 69.6 Å². The number of hydrogen-bond acceptors (Lipinski definition) is 4. The lowest BCUT2D eigenvalue weighted by atomic mass is 10.3. The Hall–Kier alpha value is -1.09. The summed E-state index contributed by atoms with van der Waals surface area (Å²) in [5, 5.41) is 7.48. The summed E-state index contributed by atoms with van der Waals surface area (Å²) < 4.78 is 5.14. The minimum atomic E-state index is 0. The number of hydrogen-bond donors (Lipinski definition) is 1.